The third kappa shape index (κ3) is 4.76. The predicted octanol–water partition coefficient (Wildman–Crippen LogP) is 0.649. The fourth-order valence-corrected chi connectivity index (χ4v) is 3.82. The second-order valence-electron chi connectivity index (χ2n) is 6.75. The average Bonchev–Trinajstić information content (AvgIpc) is 2.66. The van der Waals surface area contributed by atoms with E-state index in [-0.39, 0.29) is 17.3 Å². The van der Waals surface area contributed by atoms with Crippen LogP contribution in [0.25, 0.3) is 0 Å². The van der Waals surface area contributed by atoms with Crippen molar-refractivity contribution in [2.75, 3.05) is 19.6 Å². The Morgan fingerprint density at radius 1 is 1.26 bits per heavy atom. The molecule has 2 rings (SSSR count). The standard InChI is InChI=1S/C16H25N3O3S/c1-12(20)19-8-6-13-4-5-15(10-14(13)7-9-19)23(21,22)18-11-16(2,3)17/h4-5,10,18H,6-9,11,17H2,1-3H3. The summed E-state index contributed by atoms with van der Waals surface area (Å²) in [5.41, 5.74) is 7.31. The largest absolute Gasteiger partial charge is 0.342 e. The van der Waals surface area contributed by atoms with E-state index in [9.17, 15) is 13.2 Å². The van der Waals surface area contributed by atoms with Crippen molar-refractivity contribution < 1.29 is 13.2 Å². The molecule has 1 aliphatic heterocycles. The van der Waals surface area contributed by atoms with Gasteiger partial charge in [0.25, 0.3) is 0 Å². The van der Waals surface area contributed by atoms with Gasteiger partial charge in [0.05, 0.1) is 4.90 Å². The number of nitrogens with zero attached hydrogens (tertiary/aromatic N) is 1. The van der Waals surface area contributed by atoms with Gasteiger partial charge in [-0.25, -0.2) is 13.1 Å². The molecule has 1 aromatic rings. The van der Waals surface area contributed by atoms with Crippen LogP contribution >= 0.6 is 0 Å². The summed E-state index contributed by atoms with van der Waals surface area (Å²) < 4.78 is 27.3. The Bertz CT molecular complexity index is 693. The smallest absolute Gasteiger partial charge is 0.240 e. The Kier molecular flexibility index (Phi) is 5.13. The lowest BCUT2D eigenvalue weighted by molar-refractivity contribution is -0.128. The fourth-order valence-electron chi connectivity index (χ4n) is 2.55. The molecule has 23 heavy (non-hydrogen) atoms. The molecule has 0 saturated carbocycles. The lowest BCUT2D eigenvalue weighted by atomic mass is 10.0. The lowest BCUT2D eigenvalue weighted by Crippen LogP contribution is -2.45. The van der Waals surface area contributed by atoms with Crippen LogP contribution in [0.4, 0.5) is 0 Å². The summed E-state index contributed by atoms with van der Waals surface area (Å²) in [4.78, 5) is 13.6. The van der Waals surface area contributed by atoms with Crippen LogP contribution in [0.15, 0.2) is 23.1 Å². The molecule has 0 fully saturated rings. The molecular weight excluding hydrogens is 314 g/mol. The van der Waals surface area contributed by atoms with E-state index < -0.39 is 15.6 Å². The zero-order chi connectivity index (χ0) is 17.3. The molecule has 0 aromatic heterocycles. The Labute approximate surface area is 138 Å². The Hall–Kier alpha value is -1.44. The zero-order valence-electron chi connectivity index (χ0n) is 13.9. The summed E-state index contributed by atoms with van der Waals surface area (Å²) in [6, 6.07) is 5.18. The number of hydrogen-bond donors (Lipinski definition) is 2. The van der Waals surface area contributed by atoms with Crippen LogP contribution in [0.2, 0.25) is 0 Å². The summed E-state index contributed by atoms with van der Waals surface area (Å²) in [5, 5.41) is 0. The average molecular weight is 339 g/mol. The molecule has 6 nitrogen and oxygen atoms in total. The van der Waals surface area contributed by atoms with Gasteiger partial charge < -0.3 is 10.6 Å². The van der Waals surface area contributed by atoms with Crippen molar-refractivity contribution in [1.82, 2.24) is 9.62 Å². The molecule has 1 aromatic carbocycles. The summed E-state index contributed by atoms with van der Waals surface area (Å²) >= 11 is 0. The first kappa shape index (κ1) is 17.9. The maximum absolute atomic E-state index is 12.4. The first-order chi connectivity index (χ1) is 10.6. The molecule has 0 radical (unpaired) electrons. The summed E-state index contributed by atoms with van der Waals surface area (Å²) in [6.45, 7) is 6.56. The van der Waals surface area contributed by atoms with Gasteiger partial charge in [0, 0.05) is 32.1 Å². The van der Waals surface area contributed by atoms with Crippen molar-refractivity contribution in [2.45, 2.75) is 44.0 Å². The Morgan fingerprint density at radius 2 is 1.87 bits per heavy atom. The van der Waals surface area contributed by atoms with Crippen LogP contribution in [-0.2, 0) is 27.7 Å². The van der Waals surface area contributed by atoms with Crippen molar-refractivity contribution in [3.05, 3.63) is 29.3 Å². The third-order valence-electron chi connectivity index (χ3n) is 3.95. The number of carbonyl (C=O) groups is 1. The van der Waals surface area contributed by atoms with Gasteiger partial charge in [0.1, 0.15) is 0 Å². The number of benzene rings is 1. The van der Waals surface area contributed by atoms with E-state index in [4.69, 9.17) is 5.73 Å². The molecule has 7 heteroatoms. The molecule has 0 bridgehead atoms. The van der Waals surface area contributed by atoms with E-state index >= 15 is 0 Å². The van der Waals surface area contributed by atoms with Gasteiger partial charge in [-0.05, 0) is 49.9 Å². The summed E-state index contributed by atoms with van der Waals surface area (Å²) in [6.07, 6.45) is 1.42. The van der Waals surface area contributed by atoms with Crippen LogP contribution < -0.4 is 10.5 Å². The van der Waals surface area contributed by atoms with E-state index in [0.29, 0.717) is 19.5 Å². The second kappa shape index (κ2) is 6.59. The number of rotatable bonds is 4. The van der Waals surface area contributed by atoms with Crippen molar-refractivity contribution in [3.8, 4) is 0 Å². The third-order valence-corrected chi connectivity index (χ3v) is 5.35. The minimum Gasteiger partial charge on any atom is -0.342 e. The molecule has 128 valence electrons. The highest BCUT2D eigenvalue weighted by Gasteiger charge is 2.21. The maximum atomic E-state index is 12.4. The second-order valence-corrected chi connectivity index (χ2v) is 8.52. The number of amides is 1. The predicted molar refractivity (Wildman–Crippen MR) is 89.6 cm³/mol. The van der Waals surface area contributed by atoms with Gasteiger partial charge in [-0.1, -0.05) is 6.07 Å². The monoisotopic (exact) mass is 339 g/mol. The fraction of sp³-hybridized carbons (Fsp3) is 0.562. The molecule has 0 saturated heterocycles. The van der Waals surface area contributed by atoms with Crippen LogP contribution in [0.1, 0.15) is 31.9 Å². The van der Waals surface area contributed by atoms with Crippen LogP contribution in [0, 0.1) is 0 Å². The van der Waals surface area contributed by atoms with Crippen LogP contribution in [-0.4, -0.2) is 44.4 Å². The molecule has 0 unspecified atom stereocenters. The van der Waals surface area contributed by atoms with Crippen LogP contribution in [0.5, 0.6) is 0 Å². The SMILES string of the molecule is CC(=O)N1CCc2ccc(S(=O)(=O)NCC(C)(C)N)cc2CC1. The normalized spacial score (nSPS) is 15.9. The van der Waals surface area contributed by atoms with Crippen molar-refractivity contribution in [1.29, 1.82) is 0 Å². The van der Waals surface area contributed by atoms with Crippen molar-refractivity contribution >= 4 is 15.9 Å². The van der Waals surface area contributed by atoms with Gasteiger partial charge in [-0.3, -0.25) is 4.79 Å². The minimum absolute atomic E-state index is 0.0532. The first-order valence-corrected chi connectivity index (χ1v) is 9.23. The van der Waals surface area contributed by atoms with E-state index in [1.807, 2.05) is 6.07 Å². The highest BCUT2D eigenvalue weighted by atomic mass is 32.2. The number of fused-ring (bicyclic) bond motifs is 1. The quantitative estimate of drug-likeness (QED) is 0.842. The van der Waals surface area contributed by atoms with Gasteiger partial charge >= 0.3 is 0 Å². The van der Waals surface area contributed by atoms with E-state index in [1.54, 1.807) is 37.8 Å². The molecule has 1 amide bonds. The number of nitrogens with one attached hydrogen (secondary N) is 1. The minimum atomic E-state index is -3.58. The molecule has 3 N–H and O–H groups in total. The molecule has 1 heterocycles. The molecular formula is C16H25N3O3S. The van der Waals surface area contributed by atoms with Gasteiger partial charge in [0.2, 0.25) is 15.9 Å². The maximum Gasteiger partial charge on any atom is 0.240 e. The molecule has 0 spiro atoms. The number of carbonyl (C=O) groups excluding carboxylic acids is 1. The topological polar surface area (TPSA) is 92.5 Å². The Morgan fingerprint density at radius 3 is 2.43 bits per heavy atom. The lowest BCUT2D eigenvalue weighted by Gasteiger charge is -2.19. The summed E-state index contributed by atoms with van der Waals surface area (Å²) in [5.74, 6) is 0.0532. The highest BCUT2D eigenvalue weighted by molar-refractivity contribution is 7.89. The highest BCUT2D eigenvalue weighted by Crippen LogP contribution is 2.20. The van der Waals surface area contributed by atoms with Gasteiger partial charge in [-0.15, -0.1) is 0 Å². The van der Waals surface area contributed by atoms with E-state index in [0.717, 1.165) is 17.5 Å². The molecule has 1 aliphatic rings. The van der Waals surface area contributed by atoms with Crippen molar-refractivity contribution in [2.24, 2.45) is 5.73 Å². The molecule has 0 atom stereocenters. The zero-order valence-corrected chi connectivity index (χ0v) is 14.7. The molecule has 0 aliphatic carbocycles. The number of nitrogens with two attached hydrogens (primary N) is 1. The summed E-state index contributed by atoms with van der Waals surface area (Å²) in [7, 11) is -3.58. The van der Waals surface area contributed by atoms with Gasteiger partial charge in [-0.2, -0.15) is 0 Å². The number of hydrogen-bond acceptors (Lipinski definition) is 4. The number of sulfonamides is 1. The first-order valence-electron chi connectivity index (χ1n) is 7.74. The van der Waals surface area contributed by atoms with E-state index in [1.165, 1.54) is 0 Å². The van der Waals surface area contributed by atoms with E-state index in [2.05, 4.69) is 4.72 Å². The van der Waals surface area contributed by atoms with Gasteiger partial charge in [0.15, 0.2) is 0 Å². The van der Waals surface area contributed by atoms with Crippen LogP contribution in [0.3, 0.4) is 0 Å². The Balaban J connectivity index is 2.20. The van der Waals surface area contributed by atoms with Crippen molar-refractivity contribution in [3.63, 3.8) is 0 Å².